The molecule has 0 radical (unpaired) electrons. The van der Waals surface area contributed by atoms with E-state index in [0.29, 0.717) is 18.0 Å². The van der Waals surface area contributed by atoms with Crippen LogP contribution in [0.2, 0.25) is 0 Å². The summed E-state index contributed by atoms with van der Waals surface area (Å²) in [5, 5.41) is 13.6. The lowest BCUT2D eigenvalue weighted by atomic mass is 9.83. The Hall–Kier alpha value is -2.99. The van der Waals surface area contributed by atoms with Crippen molar-refractivity contribution in [3.05, 3.63) is 53.9 Å². The molecule has 172 valence electrons. The molecule has 0 amide bonds. The van der Waals surface area contributed by atoms with Crippen LogP contribution in [0.25, 0.3) is 11.5 Å². The summed E-state index contributed by atoms with van der Waals surface area (Å²) in [7, 11) is 0. The lowest BCUT2D eigenvalue weighted by Crippen LogP contribution is -2.26. The second-order valence-electron chi connectivity index (χ2n) is 8.69. The maximum absolute atomic E-state index is 9.36. The maximum atomic E-state index is 9.36. The Morgan fingerprint density at radius 3 is 2.94 bits per heavy atom. The van der Waals surface area contributed by atoms with E-state index >= 15 is 0 Å². The molecule has 3 aromatic heterocycles. The van der Waals surface area contributed by atoms with Crippen LogP contribution in [-0.2, 0) is 16.0 Å². The Labute approximate surface area is 192 Å². The van der Waals surface area contributed by atoms with Crippen LogP contribution in [0.15, 0.2) is 41.3 Å². The summed E-state index contributed by atoms with van der Waals surface area (Å²) >= 11 is 0. The van der Waals surface area contributed by atoms with Gasteiger partial charge in [-0.1, -0.05) is 17.0 Å². The van der Waals surface area contributed by atoms with Crippen molar-refractivity contribution in [3.63, 3.8) is 0 Å². The van der Waals surface area contributed by atoms with Crippen molar-refractivity contribution in [2.45, 2.75) is 64.1 Å². The van der Waals surface area contributed by atoms with Crippen LogP contribution in [0.3, 0.4) is 0 Å². The Morgan fingerprint density at radius 2 is 2.18 bits per heavy atom. The van der Waals surface area contributed by atoms with Crippen molar-refractivity contribution in [2.75, 3.05) is 6.61 Å². The van der Waals surface area contributed by atoms with Gasteiger partial charge in [0.05, 0.1) is 12.6 Å². The molecule has 33 heavy (non-hydrogen) atoms. The molecule has 8 heteroatoms. The smallest absolute Gasteiger partial charge is 0.185 e. The number of aliphatic hydroxyl groups is 1. The molecular formula is C25H28N4O4. The minimum Gasteiger partial charge on any atom is -0.393 e. The highest BCUT2D eigenvalue weighted by Gasteiger charge is 2.25. The van der Waals surface area contributed by atoms with Crippen LogP contribution in [0.1, 0.15) is 62.2 Å². The van der Waals surface area contributed by atoms with E-state index in [1.165, 1.54) is 0 Å². The van der Waals surface area contributed by atoms with Gasteiger partial charge in [0.15, 0.2) is 12.1 Å². The van der Waals surface area contributed by atoms with Crippen LogP contribution in [-0.4, -0.2) is 43.8 Å². The van der Waals surface area contributed by atoms with Crippen molar-refractivity contribution in [1.29, 1.82) is 0 Å². The minimum atomic E-state index is -0.189. The first kappa shape index (κ1) is 21.8. The van der Waals surface area contributed by atoms with Gasteiger partial charge in [-0.15, -0.1) is 0 Å². The van der Waals surface area contributed by atoms with Gasteiger partial charge < -0.3 is 23.7 Å². The second kappa shape index (κ2) is 9.87. The van der Waals surface area contributed by atoms with E-state index in [9.17, 15) is 5.11 Å². The highest BCUT2D eigenvalue weighted by atomic mass is 16.7. The second-order valence-corrected chi connectivity index (χ2v) is 8.69. The Kier molecular flexibility index (Phi) is 6.53. The first-order chi connectivity index (χ1) is 16.1. The summed E-state index contributed by atoms with van der Waals surface area (Å²) in [6, 6.07) is 5.70. The number of ether oxygens (including phenoxy) is 2. The zero-order chi connectivity index (χ0) is 22.6. The van der Waals surface area contributed by atoms with E-state index in [1.54, 1.807) is 12.4 Å². The largest absolute Gasteiger partial charge is 0.393 e. The van der Waals surface area contributed by atoms with Crippen molar-refractivity contribution in [3.8, 4) is 23.3 Å². The lowest BCUT2D eigenvalue weighted by Gasteiger charge is -2.26. The number of aliphatic hydroxyl groups excluding tert-OH is 1. The van der Waals surface area contributed by atoms with Gasteiger partial charge in [0.25, 0.3) is 0 Å². The Bertz CT molecular complexity index is 1120. The number of pyridine rings is 1. The first-order valence-corrected chi connectivity index (χ1v) is 11.5. The predicted molar refractivity (Wildman–Crippen MR) is 120 cm³/mol. The number of aromatic nitrogens is 4. The fourth-order valence-corrected chi connectivity index (χ4v) is 4.11. The number of rotatable bonds is 6. The number of imidazole rings is 1. The quantitative estimate of drug-likeness (QED) is 0.575. The van der Waals surface area contributed by atoms with Crippen molar-refractivity contribution < 1.29 is 19.1 Å². The summed E-state index contributed by atoms with van der Waals surface area (Å²) in [6.45, 7) is 3.27. The van der Waals surface area contributed by atoms with E-state index in [1.807, 2.05) is 35.9 Å². The van der Waals surface area contributed by atoms with Crippen LogP contribution < -0.4 is 0 Å². The molecular weight excluding hydrogens is 420 g/mol. The van der Waals surface area contributed by atoms with Gasteiger partial charge in [0.1, 0.15) is 23.3 Å². The summed E-state index contributed by atoms with van der Waals surface area (Å²) < 4.78 is 19.3. The predicted octanol–water partition coefficient (Wildman–Crippen LogP) is 3.71. The van der Waals surface area contributed by atoms with Crippen LogP contribution in [0.4, 0.5) is 0 Å². The number of hydrogen-bond acceptors (Lipinski definition) is 7. The average molecular weight is 449 g/mol. The van der Waals surface area contributed by atoms with Gasteiger partial charge in [-0.05, 0) is 51.2 Å². The van der Waals surface area contributed by atoms with E-state index in [4.69, 9.17) is 14.0 Å². The van der Waals surface area contributed by atoms with Gasteiger partial charge in [-0.25, -0.2) is 4.98 Å². The molecule has 1 N–H and O–H groups in total. The normalized spacial score (nSPS) is 23.4. The van der Waals surface area contributed by atoms with Crippen LogP contribution >= 0.6 is 0 Å². The third kappa shape index (κ3) is 5.33. The van der Waals surface area contributed by atoms with Crippen molar-refractivity contribution in [2.24, 2.45) is 5.92 Å². The highest BCUT2D eigenvalue weighted by molar-refractivity contribution is 5.53. The van der Waals surface area contributed by atoms with E-state index in [-0.39, 0.29) is 24.4 Å². The SMILES string of the molecule is C[C@H](O[C@H]1CCCCO1)c1nccn1Cc1cc(-c2ccc(C#CC3CC(O)C3)cn2)on1. The molecule has 0 spiro atoms. The highest BCUT2D eigenvalue weighted by Crippen LogP contribution is 2.26. The summed E-state index contributed by atoms with van der Waals surface area (Å²) in [5.74, 6) is 8.02. The monoisotopic (exact) mass is 448 g/mol. The summed E-state index contributed by atoms with van der Waals surface area (Å²) in [5.41, 5.74) is 2.33. The molecule has 2 aliphatic rings. The van der Waals surface area contributed by atoms with Crippen LogP contribution in [0, 0.1) is 17.8 Å². The molecule has 0 aromatic carbocycles. The minimum absolute atomic E-state index is 0.170. The number of nitrogens with zero attached hydrogens (tertiary/aromatic N) is 4. The van der Waals surface area contributed by atoms with Crippen molar-refractivity contribution >= 4 is 0 Å². The molecule has 2 fully saturated rings. The fraction of sp³-hybridized carbons (Fsp3) is 0.480. The third-order valence-corrected chi connectivity index (χ3v) is 6.05. The molecule has 8 nitrogen and oxygen atoms in total. The topological polar surface area (TPSA) is 95.4 Å². The van der Waals surface area contributed by atoms with E-state index in [2.05, 4.69) is 27.0 Å². The van der Waals surface area contributed by atoms with Gasteiger partial charge in [-0.2, -0.15) is 0 Å². The van der Waals surface area contributed by atoms with Gasteiger partial charge >= 0.3 is 0 Å². The third-order valence-electron chi connectivity index (χ3n) is 6.05. The lowest BCUT2D eigenvalue weighted by molar-refractivity contribution is -0.188. The fourth-order valence-electron chi connectivity index (χ4n) is 4.11. The van der Waals surface area contributed by atoms with E-state index in [0.717, 1.165) is 55.8 Å². The summed E-state index contributed by atoms with van der Waals surface area (Å²) in [4.78, 5) is 8.95. The number of hydrogen-bond donors (Lipinski definition) is 1. The van der Waals surface area contributed by atoms with Crippen LogP contribution in [0.5, 0.6) is 0 Å². The zero-order valence-corrected chi connectivity index (χ0v) is 18.7. The van der Waals surface area contributed by atoms with Gasteiger partial charge in [0.2, 0.25) is 0 Å². The zero-order valence-electron chi connectivity index (χ0n) is 18.7. The maximum Gasteiger partial charge on any atom is 0.185 e. The van der Waals surface area contributed by atoms with E-state index < -0.39 is 0 Å². The molecule has 1 saturated heterocycles. The molecule has 1 aliphatic carbocycles. The molecule has 5 rings (SSSR count). The average Bonchev–Trinajstić information content (AvgIpc) is 3.47. The molecule has 1 saturated carbocycles. The van der Waals surface area contributed by atoms with Gasteiger partial charge in [-0.3, -0.25) is 4.98 Å². The van der Waals surface area contributed by atoms with Gasteiger partial charge in [0, 0.05) is 42.7 Å². The molecule has 4 heterocycles. The molecule has 2 atom stereocenters. The molecule has 1 aliphatic heterocycles. The molecule has 3 aromatic rings. The summed E-state index contributed by atoms with van der Waals surface area (Å²) in [6.07, 6.45) is 9.53. The Balaban J connectivity index is 1.21. The van der Waals surface area contributed by atoms with Crippen molar-refractivity contribution in [1.82, 2.24) is 19.7 Å². The standard InChI is InChI=1S/C25H28N4O4/c1-17(32-24-4-2-3-11-31-24)25-26-9-10-29(25)16-20-14-23(33-28-20)22-8-7-18(15-27-22)5-6-19-12-21(30)13-19/h7-10,14-15,17,19,21,24,30H,2-4,11-13,16H2,1H3/t17-,19?,21?,24-/m0/s1. The first-order valence-electron chi connectivity index (χ1n) is 11.5. The molecule has 0 bridgehead atoms. The molecule has 0 unspecified atom stereocenters. The Morgan fingerprint density at radius 1 is 1.27 bits per heavy atom.